The van der Waals surface area contributed by atoms with Crippen LogP contribution >= 0.6 is 31.9 Å². The van der Waals surface area contributed by atoms with Gasteiger partial charge in [0.05, 0.1) is 11.6 Å². The van der Waals surface area contributed by atoms with Gasteiger partial charge in [-0.05, 0) is 34.1 Å². The van der Waals surface area contributed by atoms with E-state index in [-0.39, 0.29) is 18.9 Å². The van der Waals surface area contributed by atoms with E-state index in [9.17, 15) is 9.59 Å². The van der Waals surface area contributed by atoms with Crippen molar-refractivity contribution in [3.63, 3.8) is 0 Å². The SMILES string of the molecule is O=C(O)C1CC(=O)N(c2cc(Br)ccc2Br)C1. The van der Waals surface area contributed by atoms with Crippen LogP contribution in [-0.4, -0.2) is 23.5 Å². The monoisotopic (exact) mass is 361 g/mol. The Balaban J connectivity index is 2.32. The molecule has 90 valence electrons. The van der Waals surface area contributed by atoms with Crippen molar-refractivity contribution < 1.29 is 14.7 Å². The number of nitrogens with zero attached hydrogens (tertiary/aromatic N) is 1. The highest BCUT2D eigenvalue weighted by atomic mass is 79.9. The van der Waals surface area contributed by atoms with Crippen LogP contribution in [0.15, 0.2) is 27.1 Å². The highest BCUT2D eigenvalue weighted by Gasteiger charge is 2.35. The number of amides is 1. The highest BCUT2D eigenvalue weighted by Crippen LogP contribution is 2.33. The van der Waals surface area contributed by atoms with Crippen LogP contribution in [0.4, 0.5) is 5.69 Å². The first-order valence-electron chi connectivity index (χ1n) is 4.97. The van der Waals surface area contributed by atoms with E-state index in [0.29, 0.717) is 5.69 Å². The van der Waals surface area contributed by atoms with Crippen molar-refractivity contribution in [2.75, 3.05) is 11.4 Å². The molecular weight excluding hydrogens is 354 g/mol. The van der Waals surface area contributed by atoms with E-state index in [4.69, 9.17) is 5.11 Å². The molecule has 0 saturated carbocycles. The van der Waals surface area contributed by atoms with Gasteiger partial charge in [-0.25, -0.2) is 0 Å². The lowest BCUT2D eigenvalue weighted by Crippen LogP contribution is -2.26. The fourth-order valence-electron chi connectivity index (χ4n) is 1.80. The summed E-state index contributed by atoms with van der Waals surface area (Å²) in [6.07, 6.45) is 0.0638. The van der Waals surface area contributed by atoms with Crippen molar-refractivity contribution in [1.29, 1.82) is 0 Å². The van der Waals surface area contributed by atoms with E-state index in [1.165, 1.54) is 4.90 Å². The number of hydrogen-bond acceptors (Lipinski definition) is 2. The first kappa shape index (κ1) is 12.6. The molecule has 0 spiro atoms. The number of carbonyl (C=O) groups is 2. The second-order valence-corrected chi connectivity index (χ2v) is 5.61. The van der Waals surface area contributed by atoms with Crippen molar-refractivity contribution in [3.8, 4) is 0 Å². The Bertz CT molecular complexity index is 490. The van der Waals surface area contributed by atoms with Gasteiger partial charge in [0.25, 0.3) is 0 Å². The Kier molecular flexibility index (Phi) is 3.53. The molecule has 1 aliphatic heterocycles. The molecule has 2 rings (SSSR count). The first-order valence-corrected chi connectivity index (χ1v) is 6.56. The number of carboxylic acids is 1. The van der Waals surface area contributed by atoms with Crippen LogP contribution in [0, 0.1) is 5.92 Å². The molecule has 0 aliphatic carbocycles. The summed E-state index contributed by atoms with van der Waals surface area (Å²) in [6, 6.07) is 5.47. The molecule has 1 N–H and O–H groups in total. The van der Waals surface area contributed by atoms with E-state index in [2.05, 4.69) is 31.9 Å². The lowest BCUT2D eigenvalue weighted by Gasteiger charge is -2.18. The molecule has 1 saturated heterocycles. The molecule has 4 nitrogen and oxygen atoms in total. The largest absolute Gasteiger partial charge is 0.481 e. The van der Waals surface area contributed by atoms with Gasteiger partial charge in [0.2, 0.25) is 5.91 Å². The summed E-state index contributed by atoms with van der Waals surface area (Å²) in [5.74, 6) is -1.70. The summed E-state index contributed by atoms with van der Waals surface area (Å²) < 4.78 is 1.63. The minimum atomic E-state index is -0.924. The number of aliphatic carboxylic acids is 1. The van der Waals surface area contributed by atoms with Crippen LogP contribution in [0.1, 0.15) is 6.42 Å². The molecule has 0 aromatic heterocycles. The predicted octanol–water partition coefficient (Wildman–Crippen LogP) is 2.65. The molecule has 0 bridgehead atoms. The number of rotatable bonds is 2. The van der Waals surface area contributed by atoms with Crippen LogP contribution < -0.4 is 4.90 Å². The van der Waals surface area contributed by atoms with Crippen LogP contribution in [-0.2, 0) is 9.59 Å². The maximum Gasteiger partial charge on any atom is 0.308 e. The summed E-state index contributed by atoms with van der Waals surface area (Å²) >= 11 is 6.70. The molecule has 1 amide bonds. The predicted molar refractivity (Wildman–Crippen MR) is 69.9 cm³/mol. The highest BCUT2D eigenvalue weighted by molar-refractivity contribution is 9.11. The average Bonchev–Trinajstić information content (AvgIpc) is 2.64. The molecule has 0 radical (unpaired) electrons. The Morgan fingerprint density at radius 3 is 2.71 bits per heavy atom. The van der Waals surface area contributed by atoms with Gasteiger partial charge in [0.15, 0.2) is 0 Å². The van der Waals surface area contributed by atoms with Gasteiger partial charge in [0.1, 0.15) is 0 Å². The minimum Gasteiger partial charge on any atom is -0.481 e. The van der Waals surface area contributed by atoms with E-state index in [1.54, 1.807) is 6.07 Å². The zero-order chi connectivity index (χ0) is 12.6. The summed E-state index contributed by atoms with van der Waals surface area (Å²) in [7, 11) is 0. The van der Waals surface area contributed by atoms with Crippen molar-refractivity contribution in [2.24, 2.45) is 5.92 Å². The van der Waals surface area contributed by atoms with Gasteiger partial charge in [-0.3, -0.25) is 9.59 Å². The molecule has 1 unspecified atom stereocenters. The molecule has 1 aromatic rings. The Morgan fingerprint density at radius 2 is 2.12 bits per heavy atom. The van der Waals surface area contributed by atoms with Gasteiger partial charge in [-0.1, -0.05) is 15.9 Å². The minimum absolute atomic E-state index is 0.0638. The van der Waals surface area contributed by atoms with Crippen LogP contribution in [0.5, 0.6) is 0 Å². The van der Waals surface area contributed by atoms with E-state index in [1.807, 2.05) is 12.1 Å². The third kappa shape index (κ3) is 2.52. The van der Waals surface area contributed by atoms with Gasteiger partial charge in [-0.15, -0.1) is 0 Å². The van der Waals surface area contributed by atoms with Crippen LogP contribution in [0.2, 0.25) is 0 Å². The smallest absolute Gasteiger partial charge is 0.308 e. The van der Waals surface area contributed by atoms with Gasteiger partial charge < -0.3 is 10.0 Å². The summed E-state index contributed by atoms with van der Waals surface area (Å²) in [5, 5.41) is 8.92. The van der Waals surface area contributed by atoms with Gasteiger partial charge in [0, 0.05) is 21.9 Å². The lowest BCUT2D eigenvalue weighted by atomic mass is 10.1. The van der Waals surface area contributed by atoms with Crippen molar-refractivity contribution >= 4 is 49.4 Å². The summed E-state index contributed by atoms with van der Waals surface area (Å²) in [6.45, 7) is 0.225. The molecule has 1 aromatic carbocycles. The van der Waals surface area contributed by atoms with Crippen molar-refractivity contribution in [1.82, 2.24) is 0 Å². The molecule has 1 aliphatic rings. The Hall–Kier alpha value is -0.880. The molecule has 1 heterocycles. The molecule has 1 fully saturated rings. The fourth-order valence-corrected chi connectivity index (χ4v) is 2.61. The third-order valence-corrected chi connectivity index (χ3v) is 3.84. The van der Waals surface area contributed by atoms with Gasteiger partial charge in [-0.2, -0.15) is 0 Å². The standard InChI is InChI=1S/C11H9Br2NO3/c12-7-1-2-8(13)9(4-7)14-5-6(11(16)17)3-10(14)15/h1-2,4,6H,3,5H2,(H,16,17). The number of carbonyl (C=O) groups excluding carboxylic acids is 1. The zero-order valence-corrected chi connectivity index (χ0v) is 11.9. The Labute approximate surface area is 115 Å². The van der Waals surface area contributed by atoms with Crippen molar-refractivity contribution in [2.45, 2.75) is 6.42 Å². The van der Waals surface area contributed by atoms with E-state index >= 15 is 0 Å². The summed E-state index contributed by atoms with van der Waals surface area (Å²) in [5.41, 5.74) is 0.702. The second-order valence-electron chi connectivity index (χ2n) is 3.84. The van der Waals surface area contributed by atoms with E-state index in [0.717, 1.165) is 8.95 Å². The first-order chi connectivity index (χ1) is 7.99. The van der Waals surface area contributed by atoms with Crippen LogP contribution in [0.25, 0.3) is 0 Å². The fraction of sp³-hybridized carbons (Fsp3) is 0.273. The molecular formula is C11H9Br2NO3. The normalized spacial score (nSPS) is 19.8. The lowest BCUT2D eigenvalue weighted by molar-refractivity contribution is -0.141. The molecule has 1 atom stereocenters. The molecule has 17 heavy (non-hydrogen) atoms. The number of benzene rings is 1. The number of anilines is 1. The number of hydrogen-bond donors (Lipinski definition) is 1. The number of carboxylic acid groups (broad SMARTS) is 1. The maximum absolute atomic E-state index is 11.8. The van der Waals surface area contributed by atoms with Crippen LogP contribution in [0.3, 0.4) is 0 Å². The summed E-state index contributed by atoms with van der Waals surface area (Å²) in [4.78, 5) is 24.2. The second kappa shape index (κ2) is 4.78. The zero-order valence-electron chi connectivity index (χ0n) is 8.69. The number of halogens is 2. The van der Waals surface area contributed by atoms with Gasteiger partial charge >= 0.3 is 5.97 Å². The topological polar surface area (TPSA) is 57.6 Å². The van der Waals surface area contributed by atoms with E-state index < -0.39 is 11.9 Å². The molecule has 6 heteroatoms. The quantitative estimate of drug-likeness (QED) is 0.879. The average molecular weight is 363 g/mol. The Morgan fingerprint density at radius 1 is 1.41 bits per heavy atom. The van der Waals surface area contributed by atoms with Crippen molar-refractivity contribution in [3.05, 3.63) is 27.1 Å². The maximum atomic E-state index is 11.8. The third-order valence-electron chi connectivity index (χ3n) is 2.67.